The van der Waals surface area contributed by atoms with Crippen LogP contribution in [0.1, 0.15) is 27.0 Å². The molecule has 1 amide bonds. The molecule has 1 heterocycles. The van der Waals surface area contributed by atoms with E-state index in [0.29, 0.717) is 32.0 Å². The summed E-state index contributed by atoms with van der Waals surface area (Å²) in [6, 6.07) is 8.97. The molecule has 150 valence electrons. The van der Waals surface area contributed by atoms with Crippen molar-refractivity contribution in [2.24, 2.45) is 0 Å². The zero-order valence-corrected chi connectivity index (χ0v) is 16.9. The number of amides is 1. The molecule has 1 aliphatic rings. The predicted octanol–water partition coefficient (Wildman–Crippen LogP) is 4.86. The van der Waals surface area contributed by atoms with E-state index in [-0.39, 0.29) is 17.7 Å². The van der Waals surface area contributed by atoms with Crippen LogP contribution in [-0.2, 0) is 17.5 Å². The van der Waals surface area contributed by atoms with E-state index in [2.05, 4.69) is 21.2 Å². The molecule has 0 unspecified atom stereocenters. The van der Waals surface area contributed by atoms with Gasteiger partial charge in [0.25, 0.3) is 5.91 Å². The van der Waals surface area contributed by atoms with E-state index in [0.717, 1.165) is 16.1 Å². The van der Waals surface area contributed by atoms with Crippen molar-refractivity contribution in [2.75, 3.05) is 31.6 Å². The Morgan fingerprint density at radius 1 is 1.18 bits per heavy atom. The van der Waals surface area contributed by atoms with Gasteiger partial charge in [-0.2, -0.15) is 13.2 Å². The summed E-state index contributed by atoms with van der Waals surface area (Å²) in [4.78, 5) is 14.4. The lowest BCUT2D eigenvalue weighted by Crippen LogP contribution is -2.36. The minimum atomic E-state index is -4.54. The maximum absolute atomic E-state index is 13.6. The number of benzene rings is 2. The van der Waals surface area contributed by atoms with Crippen LogP contribution in [0, 0.1) is 6.92 Å². The smallest absolute Gasteiger partial charge is 0.379 e. The average Bonchev–Trinajstić information content (AvgIpc) is 2.65. The van der Waals surface area contributed by atoms with Gasteiger partial charge in [0.1, 0.15) is 0 Å². The van der Waals surface area contributed by atoms with E-state index in [1.807, 2.05) is 17.9 Å². The van der Waals surface area contributed by atoms with Gasteiger partial charge in [0, 0.05) is 35.4 Å². The average molecular weight is 457 g/mol. The van der Waals surface area contributed by atoms with E-state index in [1.165, 1.54) is 12.1 Å². The van der Waals surface area contributed by atoms with Gasteiger partial charge in [-0.1, -0.05) is 28.1 Å². The second-order valence-electron chi connectivity index (χ2n) is 6.68. The second kappa shape index (κ2) is 8.63. The van der Waals surface area contributed by atoms with Gasteiger partial charge in [0.05, 0.1) is 18.8 Å². The molecule has 0 spiro atoms. The largest absolute Gasteiger partial charge is 0.416 e. The Morgan fingerprint density at radius 3 is 2.54 bits per heavy atom. The van der Waals surface area contributed by atoms with E-state index < -0.39 is 17.6 Å². The molecule has 2 aromatic rings. The Balaban J connectivity index is 1.82. The third kappa shape index (κ3) is 5.12. The molecule has 4 nitrogen and oxygen atoms in total. The molecule has 3 rings (SSSR count). The van der Waals surface area contributed by atoms with Gasteiger partial charge in [-0.15, -0.1) is 0 Å². The second-order valence-corrected chi connectivity index (χ2v) is 7.53. The van der Waals surface area contributed by atoms with Gasteiger partial charge in [0.15, 0.2) is 0 Å². The van der Waals surface area contributed by atoms with Crippen molar-refractivity contribution < 1.29 is 22.7 Å². The number of alkyl halides is 3. The van der Waals surface area contributed by atoms with Crippen molar-refractivity contribution in [3.05, 3.63) is 63.1 Å². The summed E-state index contributed by atoms with van der Waals surface area (Å²) in [5.41, 5.74) is 0.841. The highest BCUT2D eigenvalue weighted by atomic mass is 79.9. The normalized spacial score (nSPS) is 15.5. The Kier molecular flexibility index (Phi) is 6.42. The van der Waals surface area contributed by atoms with Crippen LogP contribution in [0.2, 0.25) is 0 Å². The van der Waals surface area contributed by atoms with Gasteiger partial charge in [-0.05, 0) is 42.3 Å². The minimum absolute atomic E-state index is 0.0326. The van der Waals surface area contributed by atoms with E-state index in [9.17, 15) is 18.0 Å². The van der Waals surface area contributed by atoms with Crippen LogP contribution in [0.5, 0.6) is 0 Å². The monoisotopic (exact) mass is 456 g/mol. The Hall–Kier alpha value is -1.90. The lowest BCUT2D eigenvalue weighted by molar-refractivity contribution is -0.138. The molecule has 0 bridgehead atoms. The van der Waals surface area contributed by atoms with Crippen molar-refractivity contribution in [3.63, 3.8) is 0 Å². The summed E-state index contributed by atoms with van der Waals surface area (Å²) in [7, 11) is 0. The summed E-state index contributed by atoms with van der Waals surface area (Å²) in [5, 5.41) is 2.64. The molecular formula is C20H20BrF3N2O2. The minimum Gasteiger partial charge on any atom is -0.379 e. The third-order valence-electron chi connectivity index (χ3n) is 4.60. The number of morpholine rings is 1. The SMILES string of the molecule is Cc1ccc(NC(=O)c2ccc(CN3CCOCC3)c(C(F)(F)F)c2)cc1Br. The highest BCUT2D eigenvalue weighted by Crippen LogP contribution is 2.33. The molecule has 0 radical (unpaired) electrons. The molecule has 1 fully saturated rings. The molecule has 0 aliphatic carbocycles. The number of ether oxygens (including phenoxy) is 1. The molecule has 2 aromatic carbocycles. The Labute approximate surface area is 169 Å². The van der Waals surface area contributed by atoms with E-state index in [1.54, 1.807) is 12.1 Å². The number of hydrogen-bond donors (Lipinski definition) is 1. The number of carbonyl (C=O) groups excluding carboxylic acids is 1. The molecule has 0 atom stereocenters. The maximum Gasteiger partial charge on any atom is 0.416 e. The molecular weight excluding hydrogens is 437 g/mol. The van der Waals surface area contributed by atoms with Crippen LogP contribution < -0.4 is 5.32 Å². The number of aryl methyl sites for hydroxylation is 1. The van der Waals surface area contributed by atoms with Gasteiger partial charge < -0.3 is 10.1 Å². The van der Waals surface area contributed by atoms with Crippen molar-refractivity contribution in [1.82, 2.24) is 4.90 Å². The quantitative estimate of drug-likeness (QED) is 0.713. The Morgan fingerprint density at radius 2 is 1.89 bits per heavy atom. The van der Waals surface area contributed by atoms with E-state index in [4.69, 9.17) is 4.74 Å². The number of rotatable bonds is 4. The summed E-state index contributed by atoms with van der Waals surface area (Å²) in [6.07, 6.45) is -4.54. The van der Waals surface area contributed by atoms with Gasteiger partial charge in [-0.3, -0.25) is 9.69 Å². The fourth-order valence-corrected chi connectivity index (χ4v) is 3.37. The van der Waals surface area contributed by atoms with Crippen molar-refractivity contribution in [1.29, 1.82) is 0 Å². The predicted molar refractivity (Wildman–Crippen MR) is 104 cm³/mol. The first kappa shape index (κ1) is 20.8. The molecule has 8 heteroatoms. The summed E-state index contributed by atoms with van der Waals surface area (Å²) in [6.45, 7) is 4.26. The first-order chi connectivity index (χ1) is 13.2. The first-order valence-corrected chi connectivity index (χ1v) is 9.61. The molecule has 0 saturated carbocycles. The van der Waals surface area contributed by atoms with Crippen LogP contribution in [0.25, 0.3) is 0 Å². The van der Waals surface area contributed by atoms with Crippen molar-refractivity contribution in [2.45, 2.75) is 19.6 Å². The van der Waals surface area contributed by atoms with Crippen LogP contribution in [-0.4, -0.2) is 37.1 Å². The molecule has 1 aliphatic heterocycles. The van der Waals surface area contributed by atoms with Crippen LogP contribution >= 0.6 is 15.9 Å². The summed E-state index contributed by atoms with van der Waals surface area (Å²) < 4.78 is 46.8. The zero-order valence-electron chi connectivity index (χ0n) is 15.3. The topological polar surface area (TPSA) is 41.6 Å². The number of hydrogen-bond acceptors (Lipinski definition) is 3. The molecule has 0 aromatic heterocycles. The zero-order chi connectivity index (χ0) is 20.3. The highest BCUT2D eigenvalue weighted by Gasteiger charge is 2.34. The number of carbonyl (C=O) groups is 1. The van der Waals surface area contributed by atoms with Crippen LogP contribution in [0.3, 0.4) is 0 Å². The highest BCUT2D eigenvalue weighted by molar-refractivity contribution is 9.10. The van der Waals surface area contributed by atoms with Crippen LogP contribution in [0.4, 0.5) is 18.9 Å². The standard InChI is InChI=1S/C20H20BrF3N2O2/c1-13-2-5-16(11-18(13)21)25-19(27)14-3-4-15(17(10-14)20(22,23)24)12-26-6-8-28-9-7-26/h2-5,10-11H,6-9,12H2,1H3,(H,25,27). The third-order valence-corrected chi connectivity index (χ3v) is 5.46. The van der Waals surface area contributed by atoms with Crippen molar-refractivity contribution in [3.8, 4) is 0 Å². The fraction of sp³-hybridized carbons (Fsp3) is 0.350. The number of nitrogens with one attached hydrogen (secondary N) is 1. The molecule has 1 N–H and O–H groups in total. The lowest BCUT2D eigenvalue weighted by atomic mass is 10.0. The van der Waals surface area contributed by atoms with E-state index >= 15 is 0 Å². The first-order valence-electron chi connectivity index (χ1n) is 8.82. The van der Waals surface area contributed by atoms with Crippen molar-refractivity contribution >= 4 is 27.5 Å². The van der Waals surface area contributed by atoms with Gasteiger partial charge in [-0.25, -0.2) is 0 Å². The Bertz CT molecular complexity index is 865. The molecule has 1 saturated heterocycles. The van der Waals surface area contributed by atoms with Crippen LogP contribution in [0.15, 0.2) is 40.9 Å². The number of nitrogens with zero attached hydrogens (tertiary/aromatic N) is 1. The number of anilines is 1. The fourth-order valence-electron chi connectivity index (χ4n) is 2.99. The summed E-state index contributed by atoms with van der Waals surface area (Å²) in [5.74, 6) is -0.584. The maximum atomic E-state index is 13.6. The van der Waals surface area contributed by atoms with Gasteiger partial charge >= 0.3 is 6.18 Å². The number of halogens is 4. The van der Waals surface area contributed by atoms with Gasteiger partial charge in [0.2, 0.25) is 0 Å². The summed E-state index contributed by atoms with van der Waals surface area (Å²) >= 11 is 3.37. The molecule has 28 heavy (non-hydrogen) atoms. The lowest BCUT2D eigenvalue weighted by Gasteiger charge is -2.27.